The quantitative estimate of drug-likeness (QED) is 0.524. The van der Waals surface area contributed by atoms with Crippen molar-refractivity contribution in [2.45, 2.75) is 71.4 Å². The summed E-state index contributed by atoms with van der Waals surface area (Å²) >= 11 is 0. The SMILES string of the molecule is CCC(C)NC(=O)C(C)NC(=O)CCCCCCN. The minimum absolute atomic E-state index is 0.0560. The van der Waals surface area contributed by atoms with Gasteiger partial charge in [0.05, 0.1) is 0 Å². The highest BCUT2D eigenvalue weighted by Gasteiger charge is 2.16. The van der Waals surface area contributed by atoms with Gasteiger partial charge in [-0.25, -0.2) is 0 Å². The van der Waals surface area contributed by atoms with Crippen LogP contribution in [0.3, 0.4) is 0 Å². The molecule has 0 heterocycles. The smallest absolute Gasteiger partial charge is 0.242 e. The zero-order chi connectivity index (χ0) is 14.7. The fraction of sp³-hybridized carbons (Fsp3) is 0.857. The molecule has 0 aromatic rings. The minimum Gasteiger partial charge on any atom is -0.352 e. The Labute approximate surface area is 116 Å². The summed E-state index contributed by atoms with van der Waals surface area (Å²) < 4.78 is 0. The maximum Gasteiger partial charge on any atom is 0.242 e. The van der Waals surface area contributed by atoms with E-state index in [4.69, 9.17) is 5.73 Å². The Morgan fingerprint density at radius 1 is 1.05 bits per heavy atom. The molecule has 0 aliphatic carbocycles. The highest BCUT2D eigenvalue weighted by atomic mass is 16.2. The summed E-state index contributed by atoms with van der Waals surface area (Å²) in [5, 5.41) is 5.58. The third kappa shape index (κ3) is 9.47. The Morgan fingerprint density at radius 3 is 2.26 bits per heavy atom. The van der Waals surface area contributed by atoms with E-state index in [0.717, 1.165) is 32.1 Å². The van der Waals surface area contributed by atoms with Gasteiger partial charge in [-0.15, -0.1) is 0 Å². The zero-order valence-corrected chi connectivity index (χ0v) is 12.5. The van der Waals surface area contributed by atoms with E-state index in [1.807, 2.05) is 13.8 Å². The molecule has 0 aromatic heterocycles. The van der Waals surface area contributed by atoms with Crippen molar-refractivity contribution in [3.63, 3.8) is 0 Å². The van der Waals surface area contributed by atoms with Crippen LogP contribution >= 0.6 is 0 Å². The maximum atomic E-state index is 11.7. The number of carbonyl (C=O) groups is 2. The van der Waals surface area contributed by atoms with E-state index in [1.54, 1.807) is 6.92 Å². The number of nitrogens with one attached hydrogen (secondary N) is 2. The molecule has 5 heteroatoms. The third-order valence-corrected chi connectivity index (χ3v) is 3.13. The van der Waals surface area contributed by atoms with E-state index in [2.05, 4.69) is 10.6 Å². The lowest BCUT2D eigenvalue weighted by Gasteiger charge is -2.17. The van der Waals surface area contributed by atoms with E-state index in [-0.39, 0.29) is 17.9 Å². The van der Waals surface area contributed by atoms with Crippen LogP contribution in [0.5, 0.6) is 0 Å². The molecule has 2 atom stereocenters. The fourth-order valence-electron chi connectivity index (χ4n) is 1.63. The molecule has 0 saturated carbocycles. The molecule has 0 fully saturated rings. The molecule has 0 spiro atoms. The van der Waals surface area contributed by atoms with Gasteiger partial charge in [0.1, 0.15) is 6.04 Å². The molecular formula is C14H29N3O2. The van der Waals surface area contributed by atoms with Gasteiger partial charge in [-0.05, 0) is 39.7 Å². The molecule has 0 bridgehead atoms. The Bertz CT molecular complexity index is 269. The molecule has 0 aromatic carbocycles. The Kier molecular flexibility index (Phi) is 10.2. The average molecular weight is 271 g/mol. The van der Waals surface area contributed by atoms with Crippen molar-refractivity contribution >= 4 is 11.8 Å². The van der Waals surface area contributed by atoms with Crippen LogP contribution in [0.25, 0.3) is 0 Å². The maximum absolute atomic E-state index is 11.7. The van der Waals surface area contributed by atoms with Crippen LogP contribution in [-0.2, 0) is 9.59 Å². The van der Waals surface area contributed by atoms with E-state index in [1.165, 1.54) is 0 Å². The van der Waals surface area contributed by atoms with Gasteiger partial charge in [-0.3, -0.25) is 9.59 Å². The van der Waals surface area contributed by atoms with Gasteiger partial charge in [-0.2, -0.15) is 0 Å². The van der Waals surface area contributed by atoms with Crippen molar-refractivity contribution in [3.8, 4) is 0 Å². The Morgan fingerprint density at radius 2 is 1.68 bits per heavy atom. The lowest BCUT2D eigenvalue weighted by atomic mass is 10.1. The first kappa shape index (κ1) is 17.9. The minimum atomic E-state index is -0.467. The molecule has 19 heavy (non-hydrogen) atoms. The number of hydrogen-bond acceptors (Lipinski definition) is 3. The summed E-state index contributed by atoms with van der Waals surface area (Å²) in [4.78, 5) is 23.4. The second-order valence-corrected chi connectivity index (χ2v) is 5.06. The summed E-state index contributed by atoms with van der Waals surface area (Å²) in [6.45, 7) is 6.38. The van der Waals surface area contributed by atoms with Crippen molar-refractivity contribution in [3.05, 3.63) is 0 Å². The first-order valence-corrected chi connectivity index (χ1v) is 7.31. The van der Waals surface area contributed by atoms with Gasteiger partial charge in [-0.1, -0.05) is 19.8 Å². The molecule has 2 unspecified atom stereocenters. The normalized spacial score (nSPS) is 13.7. The van der Waals surface area contributed by atoms with Crippen LogP contribution in [0, 0.1) is 0 Å². The lowest BCUT2D eigenvalue weighted by molar-refractivity contribution is -0.129. The Hall–Kier alpha value is -1.10. The topological polar surface area (TPSA) is 84.2 Å². The second kappa shape index (κ2) is 10.8. The number of hydrogen-bond donors (Lipinski definition) is 3. The summed E-state index contributed by atoms with van der Waals surface area (Å²) in [5.41, 5.74) is 5.40. The highest BCUT2D eigenvalue weighted by Crippen LogP contribution is 2.02. The average Bonchev–Trinajstić information content (AvgIpc) is 2.38. The van der Waals surface area contributed by atoms with Crippen molar-refractivity contribution in [2.75, 3.05) is 6.54 Å². The summed E-state index contributed by atoms with van der Waals surface area (Å²) in [7, 11) is 0. The first-order valence-electron chi connectivity index (χ1n) is 7.31. The number of amides is 2. The van der Waals surface area contributed by atoms with Crippen molar-refractivity contribution in [2.24, 2.45) is 5.73 Å². The predicted molar refractivity (Wildman–Crippen MR) is 77.6 cm³/mol. The van der Waals surface area contributed by atoms with Gasteiger partial charge in [0.2, 0.25) is 11.8 Å². The lowest BCUT2D eigenvalue weighted by Crippen LogP contribution is -2.47. The molecule has 2 amide bonds. The number of nitrogens with two attached hydrogens (primary N) is 1. The van der Waals surface area contributed by atoms with E-state index < -0.39 is 6.04 Å². The van der Waals surface area contributed by atoms with Crippen molar-refractivity contribution in [1.82, 2.24) is 10.6 Å². The molecule has 0 saturated heterocycles. The third-order valence-electron chi connectivity index (χ3n) is 3.13. The fourth-order valence-corrected chi connectivity index (χ4v) is 1.63. The summed E-state index contributed by atoms with van der Waals surface area (Å²) in [5.74, 6) is -0.176. The zero-order valence-electron chi connectivity index (χ0n) is 12.5. The standard InChI is InChI=1S/C14H29N3O2/c1-4-11(2)16-14(19)12(3)17-13(18)9-7-5-6-8-10-15/h11-12H,4-10,15H2,1-3H3,(H,16,19)(H,17,18). The van der Waals surface area contributed by atoms with Crippen molar-refractivity contribution in [1.29, 1.82) is 0 Å². The molecule has 0 radical (unpaired) electrons. The van der Waals surface area contributed by atoms with E-state index in [0.29, 0.717) is 13.0 Å². The van der Waals surface area contributed by atoms with E-state index >= 15 is 0 Å². The van der Waals surface area contributed by atoms with E-state index in [9.17, 15) is 9.59 Å². The van der Waals surface area contributed by atoms with Gasteiger partial charge < -0.3 is 16.4 Å². The monoisotopic (exact) mass is 271 g/mol. The van der Waals surface area contributed by atoms with Crippen molar-refractivity contribution < 1.29 is 9.59 Å². The van der Waals surface area contributed by atoms with Gasteiger partial charge in [0, 0.05) is 12.5 Å². The summed E-state index contributed by atoms with van der Waals surface area (Å²) in [6.07, 6.45) is 5.30. The van der Waals surface area contributed by atoms with Crippen LogP contribution in [0.1, 0.15) is 59.3 Å². The molecule has 112 valence electrons. The number of unbranched alkanes of at least 4 members (excludes halogenated alkanes) is 3. The molecule has 0 rings (SSSR count). The molecule has 0 aliphatic heterocycles. The molecule has 0 aliphatic rings. The first-order chi connectivity index (χ1) is 9.01. The van der Waals surface area contributed by atoms with Crippen LogP contribution in [0.15, 0.2) is 0 Å². The highest BCUT2D eigenvalue weighted by molar-refractivity contribution is 5.87. The van der Waals surface area contributed by atoms with Gasteiger partial charge in [0.25, 0.3) is 0 Å². The van der Waals surface area contributed by atoms with Crippen LogP contribution in [0.2, 0.25) is 0 Å². The predicted octanol–water partition coefficient (Wildman–Crippen LogP) is 1.32. The molecule has 5 nitrogen and oxygen atoms in total. The Balaban J connectivity index is 3.76. The molecular weight excluding hydrogens is 242 g/mol. The summed E-state index contributed by atoms with van der Waals surface area (Å²) in [6, 6.07) is -0.325. The second-order valence-electron chi connectivity index (χ2n) is 5.06. The number of carbonyl (C=O) groups excluding carboxylic acids is 2. The van der Waals surface area contributed by atoms with Gasteiger partial charge >= 0.3 is 0 Å². The largest absolute Gasteiger partial charge is 0.352 e. The van der Waals surface area contributed by atoms with Crippen LogP contribution in [0.4, 0.5) is 0 Å². The van der Waals surface area contributed by atoms with Crippen LogP contribution in [-0.4, -0.2) is 30.4 Å². The van der Waals surface area contributed by atoms with Gasteiger partial charge in [0.15, 0.2) is 0 Å². The molecule has 4 N–H and O–H groups in total. The van der Waals surface area contributed by atoms with Crippen LogP contribution < -0.4 is 16.4 Å². The number of rotatable bonds is 10.